The van der Waals surface area contributed by atoms with Gasteiger partial charge in [-0.15, -0.1) is 0 Å². The Morgan fingerprint density at radius 3 is 2.53 bits per heavy atom. The molecule has 0 spiro atoms. The number of nitrogens with one attached hydrogen (secondary N) is 4. The molecule has 36 heavy (non-hydrogen) atoms. The van der Waals surface area contributed by atoms with E-state index < -0.39 is 0 Å². The molecule has 2 unspecified atom stereocenters. The third-order valence-corrected chi connectivity index (χ3v) is 7.96. The molecule has 0 radical (unpaired) electrons. The summed E-state index contributed by atoms with van der Waals surface area (Å²) in [6.07, 6.45) is 9.03. The Morgan fingerprint density at radius 1 is 0.944 bits per heavy atom. The molecule has 0 amide bonds. The summed E-state index contributed by atoms with van der Waals surface area (Å²) in [6, 6.07) is 10.1. The number of hydrogen-bond acceptors (Lipinski definition) is 10. The quantitative estimate of drug-likeness (QED) is 0.375. The second kappa shape index (κ2) is 12.1. The molecular weight excluding hydrogens is 472 g/mol. The second-order valence-corrected chi connectivity index (χ2v) is 10.3. The number of hydrazine groups is 1. The van der Waals surface area contributed by atoms with Crippen LogP contribution in [0.25, 0.3) is 11.0 Å². The summed E-state index contributed by atoms with van der Waals surface area (Å²) in [5, 5.41) is 7.36. The van der Waals surface area contributed by atoms with Crippen LogP contribution < -0.4 is 26.4 Å². The highest BCUT2D eigenvalue weighted by Gasteiger charge is 2.32. The van der Waals surface area contributed by atoms with Gasteiger partial charge in [-0.25, -0.2) is 20.8 Å². The molecule has 3 fully saturated rings. The van der Waals surface area contributed by atoms with Crippen molar-refractivity contribution in [2.24, 2.45) is 5.92 Å². The van der Waals surface area contributed by atoms with Gasteiger partial charge in [0.1, 0.15) is 17.1 Å². The van der Waals surface area contributed by atoms with Crippen LogP contribution in [0, 0.1) is 5.92 Å². The van der Waals surface area contributed by atoms with Crippen LogP contribution in [-0.2, 0) is 4.74 Å². The molecule has 10 heteroatoms. The average molecular weight is 509 g/mol. The topological polar surface area (TPSA) is 99.3 Å². The maximum absolute atomic E-state index is 5.42. The first-order valence-electron chi connectivity index (χ1n) is 13.1. The lowest BCUT2D eigenvalue weighted by Crippen LogP contribution is -2.38. The van der Waals surface area contributed by atoms with Crippen molar-refractivity contribution in [2.45, 2.75) is 50.4 Å². The van der Waals surface area contributed by atoms with Gasteiger partial charge in [0.2, 0.25) is 0 Å². The normalized spacial score (nSPS) is 22.3. The Morgan fingerprint density at radius 2 is 1.75 bits per heavy atom. The van der Waals surface area contributed by atoms with Crippen molar-refractivity contribution in [3.63, 3.8) is 0 Å². The van der Waals surface area contributed by atoms with Crippen molar-refractivity contribution in [3.8, 4) is 0 Å². The zero-order valence-corrected chi connectivity index (χ0v) is 21.9. The molecule has 5 heterocycles. The number of fused-ring (bicyclic) bond motifs is 1. The van der Waals surface area contributed by atoms with Crippen molar-refractivity contribution in [1.29, 1.82) is 0 Å². The lowest BCUT2D eigenvalue weighted by Gasteiger charge is -2.27. The van der Waals surface area contributed by atoms with Crippen LogP contribution in [0.3, 0.4) is 0 Å². The van der Waals surface area contributed by atoms with Crippen molar-refractivity contribution in [1.82, 2.24) is 25.8 Å². The number of nitrogens with zero attached hydrogens (tertiary/aromatic N) is 4. The predicted molar refractivity (Wildman–Crippen MR) is 148 cm³/mol. The minimum absolute atomic E-state index is 0.0980. The fourth-order valence-electron chi connectivity index (χ4n) is 4.83. The summed E-state index contributed by atoms with van der Waals surface area (Å²) < 4.78 is 5.42. The minimum atomic E-state index is 0.0980. The molecule has 6 rings (SSSR count). The highest BCUT2D eigenvalue weighted by Crippen LogP contribution is 2.36. The van der Waals surface area contributed by atoms with Gasteiger partial charge in [0.15, 0.2) is 0 Å². The van der Waals surface area contributed by atoms with Gasteiger partial charge in [0.25, 0.3) is 0 Å². The molecule has 1 aliphatic carbocycles. The third-order valence-electron chi connectivity index (χ3n) is 6.66. The van der Waals surface area contributed by atoms with E-state index in [1.54, 1.807) is 0 Å². The number of ether oxygens (including phenoxy) is 1. The Bertz CT molecular complexity index is 1120. The molecule has 9 nitrogen and oxygen atoms in total. The zero-order chi connectivity index (χ0) is 24.7. The molecule has 2 saturated heterocycles. The molecule has 1 saturated carbocycles. The molecule has 3 aromatic heterocycles. The average Bonchev–Trinajstić information content (AvgIpc) is 3.63. The number of anilines is 4. The standard InChI is InChI=1S/C24H30N8OS.C2H6/c1-2-4-16(3-1)23-30-31-24(34-23)29-21-7-6-19-20(28-21)13-18(15-25-19)27-17-5-8-22(26-14-17)32-9-11-33-12-10-32;1-2/h5-8,13-16,23-24,27,30-31H,1-4,9-12H2,(H,28,29);1-2H3. The van der Waals surface area contributed by atoms with Crippen molar-refractivity contribution in [3.05, 3.63) is 42.7 Å². The molecular formula is C26H36N8OS. The lowest BCUT2D eigenvalue weighted by molar-refractivity contribution is 0.122. The van der Waals surface area contributed by atoms with Gasteiger partial charge in [0, 0.05) is 13.1 Å². The number of rotatable bonds is 6. The summed E-state index contributed by atoms with van der Waals surface area (Å²) in [5.74, 6) is 2.57. The second-order valence-electron chi connectivity index (χ2n) is 9.00. The highest BCUT2D eigenvalue weighted by molar-refractivity contribution is 8.00. The van der Waals surface area contributed by atoms with E-state index in [0.29, 0.717) is 5.37 Å². The van der Waals surface area contributed by atoms with Gasteiger partial charge in [-0.05, 0) is 49.1 Å². The number of pyridine rings is 3. The Labute approximate surface area is 217 Å². The number of thioether (sulfide) groups is 1. The van der Waals surface area contributed by atoms with Crippen molar-refractivity contribution in [2.75, 3.05) is 41.8 Å². The van der Waals surface area contributed by atoms with Gasteiger partial charge in [-0.2, -0.15) is 0 Å². The molecule has 192 valence electrons. The minimum Gasteiger partial charge on any atom is -0.378 e. The molecule has 3 aromatic rings. The summed E-state index contributed by atoms with van der Waals surface area (Å²) in [6.45, 7) is 7.26. The first kappa shape index (κ1) is 25.0. The van der Waals surface area contributed by atoms with Crippen LogP contribution in [0.4, 0.5) is 23.0 Å². The maximum Gasteiger partial charge on any atom is 0.141 e. The van der Waals surface area contributed by atoms with E-state index in [1.165, 1.54) is 25.7 Å². The number of hydrogen-bond donors (Lipinski definition) is 4. The number of aromatic nitrogens is 3. The van der Waals surface area contributed by atoms with E-state index in [4.69, 9.17) is 9.72 Å². The van der Waals surface area contributed by atoms with E-state index in [0.717, 1.165) is 66.3 Å². The highest BCUT2D eigenvalue weighted by atomic mass is 32.2. The van der Waals surface area contributed by atoms with Crippen LogP contribution in [0.5, 0.6) is 0 Å². The Balaban J connectivity index is 0.00000130. The molecule has 0 bridgehead atoms. The maximum atomic E-state index is 5.42. The fourth-order valence-corrected chi connectivity index (χ4v) is 6.08. The van der Waals surface area contributed by atoms with E-state index in [1.807, 2.05) is 68.3 Å². The summed E-state index contributed by atoms with van der Waals surface area (Å²) in [4.78, 5) is 16.2. The zero-order valence-electron chi connectivity index (χ0n) is 21.0. The van der Waals surface area contributed by atoms with E-state index in [9.17, 15) is 0 Å². The monoisotopic (exact) mass is 508 g/mol. The number of morpholine rings is 1. The van der Waals surface area contributed by atoms with Crippen molar-refractivity contribution < 1.29 is 4.74 Å². The molecule has 0 aromatic carbocycles. The summed E-state index contributed by atoms with van der Waals surface area (Å²) >= 11 is 1.91. The van der Waals surface area contributed by atoms with Gasteiger partial charge in [-0.1, -0.05) is 38.5 Å². The van der Waals surface area contributed by atoms with E-state index in [-0.39, 0.29) is 5.50 Å². The third kappa shape index (κ3) is 6.00. The van der Waals surface area contributed by atoms with E-state index >= 15 is 0 Å². The summed E-state index contributed by atoms with van der Waals surface area (Å²) in [7, 11) is 0. The molecule has 2 atom stereocenters. The largest absolute Gasteiger partial charge is 0.378 e. The molecule has 4 N–H and O–H groups in total. The summed E-state index contributed by atoms with van der Waals surface area (Å²) in [5.41, 5.74) is 10.4. The molecule has 3 aliphatic rings. The molecule has 2 aliphatic heterocycles. The van der Waals surface area contributed by atoms with E-state index in [2.05, 4.69) is 36.4 Å². The van der Waals surface area contributed by atoms with Crippen LogP contribution in [-0.4, -0.2) is 52.1 Å². The van der Waals surface area contributed by atoms with Crippen LogP contribution in [0.15, 0.2) is 42.7 Å². The Kier molecular flexibility index (Phi) is 8.37. The lowest BCUT2D eigenvalue weighted by atomic mass is 10.1. The first-order chi connectivity index (χ1) is 17.8. The van der Waals surface area contributed by atoms with Crippen LogP contribution in [0.1, 0.15) is 39.5 Å². The SMILES string of the molecule is CC.c1cc(N2CCOCC2)ncc1Nc1cnc2ccc(NC3NNC(C4CCCC4)S3)nc2c1. The van der Waals surface area contributed by atoms with Gasteiger partial charge < -0.3 is 20.3 Å². The van der Waals surface area contributed by atoms with Crippen LogP contribution in [0.2, 0.25) is 0 Å². The fraction of sp³-hybridized carbons (Fsp3) is 0.500. The Hall–Kier alpha value is -2.66. The smallest absolute Gasteiger partial charge is 0.141 e. The van der Waals surface area contributed by atoms with Crippen LogP contribution >= 0.6 is 11.8 Å². The van der Waals surface area contributed by atoms with Gasteiger partial charge >= 0.3 is 0 Å². The van der Waals surface area contributed by atoms with Gasteiger partial charge in [0.05, 0.1) is 53.4 Å². The first-order valence-corrected chi connectivity index (χ1v) is 14.0. The van der Waals surface area contributed by atoms with Gasteiger partial charge in [-0.3, -0.25) is 4.98 Å². The predicted octanol–water partition coefficient (Wildman–Crippen LogP) is 4.68. The van der Waals surface area contributed by atoms with Crippen molar-refractivity contribution >= 4 is 45.8 Å².